The fraction of sp³-hybridized carbons (Fsp3) is 0. The van der Waals surface area contributed by atoms with Crippen LogP contribution in [0.3, 0.4) is 0 Å². The van der Waals surface area contributed by atoms with Crippen LogP contribution in [0.25, 0.3) is 11.0 Å². The number of nitrogens with one attached hydrogen (secondary N) is 1. The molecule has 0 fully saturated rings. The molecule has 5 nitrogen and oxygen atoms in total. The monoisotopic (exact) mass is 178 g/mol. The minimum absolute atomic E-state index is 0.239. The molecule has 0 saturated carbocycles. The molecule has 2 aromatic rings. The van der Waals surface area contributed by atoms with Gasteiger partial charge in [-0.3, -0.25) is 9.78 Å². The SMILES string of the molecule is Nc1ccc2oc(=O)[nH]c(=O)c2c1. The van der Waals surface area contributed by atoms with E-state index in [1.54, 1.807) is 6.07 Å². The predicted molar refractivity (Wildman–Crippen MR) is 47.5 cm³/mol. The maximum Gasteiger partial charge on any atom is 0.419 e. The third-order valence-corrected chi connectivity index (χ3v) is 1.67. The maximum atomic E-state index is 11.2. The van der Waals surface area contributed by atoms with Crippen LogP contribution < -0.4 is 17.0 Å². The van der Waals surface area contributed by atoms with Gasteiger partial charge in [0.05, 0.1) is 5.39 Å². The summed E-state index contributed by atoms with van der Waals surface area (Å²) in [6.45, 7) is 0. The molecule has 0 unspecified atom stereocenters. The second-order valence-corrected chi connectivity index (χ2v) is 2.60. The van der Waals surface area contributed by atoms with Crippen LogP contribution in [0.2, 0.25) is 0 Å². The smallest absolute Gasteiger partial charge is 0.409 e. The van der Waals surface area contributed by atoms with Gasteiger partial charge in [-0.1, -0.05) is 0 Å². The van der Waals surface area contributed by atoms with Crippen molar-refractivity contribution < 1.29 is 4.42 Å². The Morgan fingerprint density at radius 3 is 2.85 bits per heavy atom. The highest BCUT2D eigenvalue weighted by atomic mass is 16.4. The Balaban J connectivity index is 3.04. The number of fused-ring (bicyclic) bond motifs is 1. The van der Waals surface area contributed by atoms with Gasteiger partial charge < -0.3 is 10.2 Å². The molecule has 0 aliphatic carbocycles. The second-order valence-electron chi connectivity index (χ2n) is 2.60. The Morgan fingerprint density at radius 2 is 2.08 bits per heavy atom. The molecule has 1 heterocycles. The quantitative estimate of drug-likeness (QED) is 0.558. The normalized spacial score (nSPS) is 10.5. The molecule has 0 saturated heterocycles. The number of H-pyrrole nitrogens is 1. The van der Waals surface area contributed by atoms with Crippen molar-refractivity contribution in [3.8, 4) is 0 Å². The minimum Gasteiger partial charge on any atom is -0.409 e. The second kappa shape index (κ2) is 2.48. The summed E-state index contributed by atoms with van der Waals surface area (Å²) < 4.78 is 4.73. The Labute approximate surface area is 71.8 Å². The van der Waals surface area contributed by atoms with Gasteiger partial charge in [-0.15, -0.1) is 0 Å². The van der Waals surface area contributed by atoms with Crippen molar-refractivity contribution in [2.75, 3.05) is 5.73 Å². The number of aromatic amines is 1. The van der Waals surface area contributed by atoms with E-state index in [-0.39, 0.29) is 11.0 Å². The third-order valence-electron chi connectivity index (χ3n) is 1.67. The van der Waals surface area contributed by atoms with Crippen molar-refractivity contribution in [3.63, 3.8) is 0 Å². The Kier molecular flexibility index (Phi) is 1.45. The molecule has 0 amide bonds. The number of hydrogen-bond acceptors (Lipinski definition) is 4. The number of anilines is 1. The fourth-order valence-electron chi connectivity index (χ4n) is 1.10. The van der Waals surface area contributed by atoms with E-state index < -0.39 is 11.3 Å². The standard InChI is InChI=1S/C8H6N2O3/c9-4-1-2-6-5(3-4)7(11)10-8(12)13-6/h1-3H,9H2,(H,10,11,12). The van der Waals surface area contributed by atoms with Gasteiger partial charge in [0.2, 0.25) is 0 Å². The number of hydrogen-bond donors (Lipinski definition) is 2. The largest absolute Gasteiger partial charge is 0.419 e. The summed E-state index contributed by atoms with van der Waals surface area (Å²) in [7, 11) is 0. The van der Waals surface area contributed by atoms with Crippen molar-refractivity contribution >= 4 is 16.7 Å². The summed E-state index contributed by atoms with van der Waals surface area (Å²) in [5.41, 5.74) is 5.66. The lowest BCUT2D eigenvalue weighted by Gasteiger charge is -1.95. The van der Waals surface area contributed by atoms with Gasteiger partial charge in [0.25, 0.3) is 5.56 Å². The third kappa shape index (κ3) is 1.20. The topological polar surface area (TPSA) is 89.1 Å². The van der Waals surface area contributed by atoms with Gasteiger partial charge in [-0.2, -0.15) is 0 Å². The van der Waals surface area contributed by atoms with E-state index in [9.17, 15) is 9.59 Å². The van der Waals surface area contributed by atoms with Gasteiger partial charge in [0.1, 0.15) is 5.58 Å². The minimum atomic E-state index is -0.762. The first-order valence-electron chi connectivity index (χ1n) is 3.59. The maximum absolute atomic E-state index is 11.2. The molecule has 0 bridgehead atoms. The zero-order valence-electron chi connectivity index (χ0n) is 6.53. The van der Waals surface area contributed by atoms with Crippen molar-refractivity contribution in [1.29, 1.82) is 0 Å². The zero-order chi connectivity index (χ0) is 9.42. The first-order chi connectivity index (χ1) is 6.16. The van der Waals surface area contributed by atoms with E-state index in [1.165, 1.54) is 12.1 Å². The molecule has 1 aromatic carbocycles. The average molecular weight is 178 g/mol. The van der Waals surface area contributed by atoms with Crippen molar-refractivity contribution in [1.82, 2.24) is 4.98 Å². The first-order valence-corrected chi connectivity index (χ1v) is 3.59. The summed E-state index contributed by atoms with van der Waals surface area (Å²) >= 11 is 0. The first kappa shape index (κ1) is 7.60. The van der Waals surface area contributed by atoms with Crippen LogP contribution in [0.5, 0.6) is 0 Å². The summed E-state index contributed by atoms with van der Waals surface area (Å²) in [5, 5.41) is 0.277. The molecule has 0 aliphatic heterocycles. The number of nitrogens with two attached hydrogens (primary N) is 1. The van der Waals surface area contributed by atoms with Crippen LogP contribution in [-0.2, 0) is 0 Å². The van der Waals surface area contributed by atoms with Crippen LogP contribution >= 0.6 is 0 Å². The van der Waals surface area contributed by atoms with Gasteiger partial charge in [0.15, 0.2) is 0 Å². The highest BCUT2D eigenvalue weighted by Crippen LogP contribution is 2.10. The van der Waals surface area contributed by atoms with Gasteiger partial charge in [0, 0.05) is 5.69 Å². The average Bonchev–Trinajstić information content (AvgIpc) is 2.06. The van der Waals surface area contributed by atoms with Crippen LogP contribution in [0.15, 0.2) is 32.2 Å². The van der Waals surface area contributed by atoms with E-state index in [0.29, 0.717) is 5.69 Å². The summed E-state index contributed by atoms with van der Waals surface area (Å²) in [6, 6.07) is 4.50. The Bertz CT molecular complexity index is 567. The van der Waals surface area contributed by atoms with E-state index in [1.807, 2.05) is 4.98 Å². The summed E-state index contributed by atoms with van der Waals surface area (Å²) in [5.74, 6) is -0.762. The predicted octanol–water partition coefficient (Wildman–Crippen LogP) is 0.0635. The van der Waals surface area contributed by atoms with E-state index in [0.717, 1.165) is 0 Å². The molecule has 13 heavy (non-hydrogen) atoms. The molecule has 1 aromatic heterocycles. The molecule has 66 valence electrons. The lowest BCUT2D eigenvalue weighted by Crippen LogP contribution is -2.17. The van der Waals surface area contributed by atoms with Crippen molar-refractivity contribution in [3.05, 3.63) is 39.1 Å². The summed E-state index contributed by atoms with van der Waals surface area (Å²) in [6.07, 6.45) is 0. The van der Waals surface area contributed by atoms with Crippen LogP contribution in [0, 0.1) is 0 Å². The molecular formula is C8H6N2O3. The lowest BCUT2D eigenvalue weighted by molar-refractivity contribution is 0.528. The number of nitrogen functional groups attached to an aromatic ring is 1. The van der Waals surface area contributed by atoms with Crippen LogP contribution in [0.1, 0.15) is 0 Å². The molecule has 2 rings (SSSR count). The molecular weight excluding hydrogens is 172 g/mol. The molecule has 5 heteroatoms. The molecule has 3 N–H and O–H groups in total. The highest BCUT2D eigenvalue weighted by Gasteiger charge is 2.01. The Hall–Kier alpha value is -2.04. The molecule has 0 aliphatic rings. The number of benzene rings is 1. The van der Waals surface area contributed by atoms with E-state index in [2.05, 4.69) is 0 Å². The fourth-order valence-corrected chi connectivity index (χ4v) is 1.10. The van der Waals surface area contributed by atoms with Crippen LogP contribution in [-0.4, -0.2) is 4.98 Å². The van der Waals surface area contributed by atoms with Crippen molar-refractivity contribution in [2.24, 2.45) is 0 Å². The van der Waals surface area contributed by atoms with Crippen LogP contribution in [0.4, 0.5) is 5.69 Å². The molecule has 0 spiro atoms. The van der Waals surface area contributed by atoms with Gasteiger partial charge in [-0.05, 0) is 18.2 Å². The van der Waals surface area contributed by atoms with Gasteiger partial charge in [-0.25, -0.2) is 4.79 Å². The van der Waals surface area contributed by atoms with Crippen molar-refractivity contribution in [2.45, 2.75) is 0 Å². The van der Waals surface area contributed by atoms with E-state index >= 15 is 0 Å². The number of aromatic nitrogens is 1. The lowest BCUT2D eigenvalue weighted by atomic mass is 10.2. The van der Waals surface area contributed by atoms with E-state index in [4.69, 9.17) is 10.2 Å². The molecule has 0 atom stereocenters. The Morgan fingerprint density at radius 1 is 1.31 bits per heavy atom. The summed E-state index contributed by atoms with van der Waals surface area (Å²) in [4.78, 5) is 23.9. The zero-order valence-corrected chi connectivity index (χ0v) is 6.53. The number of rotatable bonds is 0. The highest BCUT2D eigenvalue weighted by molar-refractivity contribution is 5.78. The van der Waals surface area contributed by atoms with Gasteiger partial charge >= 0.3 is 5.76 Å². The molecule has 0 radical (unpaired) electrons.